The van der Waals surface area contributed by atoms with Gasteiger partial charge < -0.3 is 10.1 Å². The Morgan fingerprint density at radius 1 is 1.24 bits per heavy atom. The smallest absolute Gasteiger partial charge is 0.228 e. The fraction of sp³-hybridized carbons (Fsp3) is 0.235. The van der Waals surface area contributed by atoms with Gasteiger partial charge in [-0.2, -0.15) is 0 Å². The molecule has 3 nitrogen and oxygen atoms in total. The van der Waals surface area contributed by atoms with Gasteiger partial charge in [0, 0.05) is 10.9 Å². The number of hydrogen-bond donors (Lipinski definition) is 1. The van der Waals surface area contributed by atoms with Crippen LogP contribution >= 0.6 is 11.6 Å². The molecule has 0 bridgehead atoms. The number of benzene rings is 2. The van der Waals surface area contributed by atoms with Gasteiger partial charge >= 0.3 is 0 Å². The Bertz CT molecular complexity index is 657. The van der Waals surface area contributed by atoms with Crippen LogP contribution in [0.4, 0.5) is 5.69 Å². The lowest BCUT2D eigenvalue weighted by Crippen LogP contribution is -2.15. The van der Waals surface area contributed by atoms with Gasteiger partial charge in [-0.3, -0.25) is 4.79 Å². The third-order valence-corrected chi connectivity index (χ3v) is 4.01. The molecule has 0 aromatic heterocycles. The first-order chi connectivity index (χ1) is 10.2. The minimum atomic E-state index is 0.0180. The van der Waals surface area contributed by atoms with Crippen LogP contribution in [-0.2, 0) is 4.79 Å². The zero-order valence-corrected chi connectivity index (χ0v) is 12.4. The second-order valence-corrected chi connectivity index (χ2v) is 5.63. The highest BCUT2D eigenvalue weighted by molar-refractivity contribution is 6.31. The number of amides is 1. The zero-order valence-electron chi connectivity index (χ0n) is 11.7. The molecule has 3 rings (SSSR count). The number of hydrogen-bond acceptors (Lipinski definition) is 2. The molecule has 1 saturated carbocycles. The van der Waals surface area contributed by atoms with Crippen molar-refractivity contribution in [3.8, 4) is 5.75 Å². The van der Waals surface area contributed by atoms with E-state index < -0.39 is 0 Å². The molecule has 4 heteroatoms. The molecule has 0 saturated heterocycles. The van der Waals surface area contributed by atoms with Crippen molar-refractivity contribution < 1.29 is 9.53 Å². The standard InChI is InChI=1S/C17H16ClNO2/c1-21-16-8-7-12(18)9-15(16)19-17(20)14-10-13(14)11-5-3-2-4-6-11/h2-9,13-14H,10H2,1H3,(H,19,20). The quantitative estimate of drug-likeness (QED) is 0.923. The minimum Gasteiger partial charge on any atom is -0.495 e. The van der Waals surface area contributed by atoms with E-state index in [4.69, 9.17) is 16.3 Å². The van der Waals surface area contributed by atoms with Gasteiger partial charge in [-0.15, -0.1) is 0 Å². The van der Waals surface area contributed by atoms with E-state index in [1.165, 1.54) is 5.56 Å². The summed E-state index contributed by atoms with van der Waals surface area (Å²) in [4.78, 5) is 12.3. The van der Waals surface area contributed by atoms with Crippen LogP contribution in [-0.4, -0.2) is 13.0 Å². The molecule has 108 valence electrons. The van der Waals surface area contributed by atoms with Crippen molar-refractivity contribution in [2.45, 2.75) is 12.3 Å². The summed E-state index contributed by atoms with van der Waals surface area (Å²) in [6, 6.07) is 15.3. The largest absolute Gasteiger partial charge is 0.495 e. The molecule has 2 unspecified atom stereocenters. The average Bonchev–Trinajstić information content (AvgIpc) is 3.29. The Labute approximate surface area is 128 Å². The van der Waals surface area contributed by atoms with Crippen molar-refractivity contribution in [3.63, 3.8) is 0 Å². The van der Waals surface area contributed by atoms with E-state index in [1.807, 2.05) is 18.2 Å². The van der Waals surface area contributed by atoms with Gasteiger partial charge in [0.15, 0.2) is 0 Å². The lowest BCUT2D eigenvalue weighted by Gasteiger charge is -2.10. The van der Waals surface area contributed by atoms with Crippen LogP contribution in [0, 0.1) is 5.92 Å². The molecule has 0 spiro atoms. The summed E-state index contributed by atoms with van der Waals surface area (Å²) in [6.45, 7) is 0. The van der Waals surface area contributed by atoms with Crippen LogP contribution in [0.25, 0.3) is 0 Å². The number of methoxy groups -OCH3 is 1. The molecular weight excluding hydrogens is 286 g/mol. The maximum absolute atomic E-state index is 12.3. The molecule has 1 amide bonds. The SMILES string of the molecule is COc1ccc(Cl)cc1NC(=O)C1CC1c1ccccc1. The highest BCUT2D eigenvalue weighted by Gasteiger charge is 2.43. The number of anilines is 1. The van der Waals surface area contributed by atoms with E-state index >= 15 is 0 Å². The predicted molar refractivity (Wildman–Crippen MR) is 83.9 cm³/mol. The Morgan fingerprint density at radius 2 is 2.00 bits per heavy atom. The molecule has 1 aliphatic rings. The summed E-state index contributed by atoms with van der Waals surface area (Å²) in [5.74, 6) is 0.974. The van der Waals surface area contributed by atoms with Crippen LogP contribution in [0.5, 0.6) is 5.75 Å². The molecule has 0 aliphatic heterocycles. The van der Waals surface area contributed by atoms with Gasteiger partial charge in [-0.25, -0.2) is 0 Å². The zero-order chi connectivity index (χ0) is 14.8. The van der Waals surface area contributed by atoms with Crippen LogP contribution < -0.4 is 10.1 Å². The molecule has 1 N–H and O–H groups in total. The first kappa shape index (κ1) is 14.0. The first-order valence-corrected chi connectivity index (χ1v) is 7.26. The third kappa shape index (κ3) is 3.03. The summed E-state index contributed by atoms with van der Waals surface area (Å²) in [5, 5.41) is 3.49. The fourth-order valence-electron chi connectivity index (χ4n) is 2.56. The second kappa shape index (κ2) is 5.78. The Morgan fingerprint density at radius 3 is 2.71 bits per heavy atom. The fourth-order valence-corrected chi connectivity index (χ4v) is 2.73. The lowest BCUT2D eigenvalue weighted by molar-refractivity contribution is -0.117. The normalized spacial score (nSPS) is 19.9. The predicted octanol–water partition coefficient (Wildman–Crippen LogP) is 4.09. The van der Waals surface area contributed by atoms with Crippen LogP contribution in [0.2, 0.25) is 5.02 Å². The average molecular weight is 302 g/mol. The summed E-state index contributed by atoms with van der Waals surface area (Å²) in [7, 11) is 1.57. The maximum atomic E-state index is 12.3. The van der Waals surface area contributed by atoms with Gasteiger partial charge in [-0.05, 0) is 36.1 Å². The number of halogens is 1. The number of carbonyl (C=O) groups is 1. The topological polar surface area (TPSA) is 38.3 Å². The number of rotatable bonds is 4. The van der Waals surface area contributed by atoms with E-state index in [1.54, 1.807) is 25.3 Å². The van der Waals surface area contributed by atoms with E-state index in [2.05, 4.69) is 17.4 Å². The van der Waals surface area contributed by atoms with Crippen molar-refractivity contribution in [1.82, 2.24) is 0 Å². The molecule has 1 fully saturated rings. The lowest BCUT2D eigenvalue weighted by atomic mass is 10.1. The van der Waals surface area contributed by atoms with Crippen LogP contribution in [0.3, 0.4) is 0 Å². The number of nitrogens with one attached hydrogen (secondary N) is 1. The second-order valence-electron chi connectivity index (χ2n) is 5.19. The van der Waals surface area contributed by atoms with Gasteiger partial charge in [0.25, 0.3) is 0 Å². The molecule has 1 aliphatic carbocycles. The summed E-state index contributed by atoms with van der Waals surface area (Å²) in [5.41, 5.74) is 1.84. The Balaban J connectivity index is 1.70. The Hall–Kier alpha value is -2.00. The first-order valence-electron chi connectivity index (χ1n) is 6.88. The van der Waals surface area contributed by atoms with Crippen molar-refractivity contribution in [1.29, 1.82) is 0 Å². The monoisotopic (exact) mass is 301 g/mol. The maximum Gasteiger partial charge on any atom is 0.228 e. The molecule has 0 heterocycles. The van der Waals surface area contributed by atoms with Crippen LogP contribution in [0.1, 0.15) is 17.9 Å². The highest BCUT2D eigenvalue weighted by Crippen LogP contribution is 2.48. The number of ether oxygens (including phenoxy) is 1. The van der Waals surface area contributed by atoms with Crippen molar-refractivity contribution >= 4 is 23.2 Å². The van der Waals surface area contributed by atoms with E-state index in [0.29, 0.717) is 22.4 Å². The highest BCUT2D eigenvalue weighted by atomic mass is 35.5. The van der Waals surface area contributed by atoms with Crippen molar-refractivity contribution in [2.75, 3.05) is 12.4 Å². The number of carbonyl (C=O) groups excluding carboxylic acids is 1. The van der Waals surface area contributed by atoms with Crippen molar-refractivity contribution in [3.05, 3.63) is 59.1 Å². The summed E-state index contributed by atoms with van der Waals surface area (Å²) in [6.07, 6.45) is 0.888. The third-order valence-electron chi connectivity index (χ3n) is 3.77. The van der Waals surface area contributed by atoms with Gasteiger partial charge in [0.2, 0.25) is 5.91 Å². The summed E-state index contributed by atoms with van der Waals surface area (Å²) < 4.78 is 5.24. The van der Waals surface area contributed by atoms with E-state index in [0.717, 1.165) is 6.42 Å². The van der Waals surface area contributed by atoms with Gasteiger partial charge in [-0.1, -0.05) is 41.9 Å². The Kier molecular flexibility index (Phi) is 3.84. The van der Waals surface area contributed by atoms with E-state index in [-0.39, 0.29) is 11.8 Å². The summed E-state index contributed by atoms with van der Waals surface area (Å²) >= 11 is 5.97. The van der Waals surface area contributed by atoms with Crippen LogP contribution in [0.15, 0.2) is 48.5 Å². The molecular formula is C17H16ClNO2. The molecule has 21 heavy (non-hydrogen) atoms. The van der Waals surface area contributed by atoms with Gasteiger partial charge in [0.05, 0.1) is 12.8 Å². The van der Waals surface area contributed by atoms with Crippen molar-refractivity contribution in [2.24, 2.45) is 5.92 Å². The molecule has 2 atom stereocenters. The van der Waals surface area contributed by atoms with Gasteiger partial charge in [0.1, 0.15) is 5.75 Å². The van der Waals surface area contributed by atoms with E-state index in [9.17, 15) is 4.79 Å². The molecule has 2 aromatic rings. The molecule has 2 aromatic carbocycles. The minimum absolute atomic E-state index is 0.0180. The molecule has 0 radical (unpaired) electrons.